The number of thiocarbonyl (C=S) groups is 1. The molecular weight excluding hydrogens is 356 g/mol. The van der Waals surface area contributed by atoms with Gasteiger partial charge in [-0.15, -0.1) is 0 Å². The fourth-order valence-electron chi connectivity index (χ4n) is 2.81. The quantitative estimate of drug-likeness (QED) is 0.476. The molecule has 0 atom stereocenters. The van der Waals surface area contributed by atoms with Crippen molar-refractivity contribution in [2.45, 2.75) is 20.3 Å². The molecule has 1 aromatic rings. The molecule has 0 aromatic heterocycles. The van der Waals surface area contributed by atoms with Gasteiger partial charge in [0.25, 0.3) is 5.69 Å². The van der Waals surface area contributed by atoms with Crippen LogP contribution in [0.15, 0.2) is 18.2 Å². The second-order valence-corrected chi connectivity index (χ2v) is 6.92. The molecule has 1 aliphatic rings. The number of nitrogens with zero attached hydrogens (tertiary/aromatic N) is 3. The van der Waals surface area contributed by atoms with E-state index < -0.39 is 4.92 Å². The van der Waals surface area contributed by atoms with Gasteiger partial charge in [0.05, 0.1) is 18.1 Å². The smallest absolute Gasteiger partial charge is 0.296 e. The number of carbonyl (C=O) groups excluding carboxylic acids is 1. The SMILES string of the molecule is COc1ccc(N2CCN(C(=S)NC(=O)CC(C)C)CC2)c([N+](=O)[O-])c1. The third-order valence-electron chi connectivity index (χ3n) is 4.13. The third-order valence-corrected chi connectivity index (χ3v) is 4.49. The minimum atomic E-state index is -0.402. The summed E-state index contributed by atoms with van der Waals surface area (Å²) in [5.74, 6) is 0.636. The molecule has 1 aliphatic heterocycles. The van der Waals surface area contributed by atoms with Gasteiger partial charge in [0.15, 0.2) is 5.11 Å². The molecule has 142 valence electrons. The van der Waals surface area contributed by atoms with Gasteiger partial charge in [0.1, 0.15) is 11.4 Å². The average Bonchev–Trinajstić information content (AvgIpc) is 2.60. The predicted molar refractivity (Wildman–Crippen MR) is 104 cm³/mol. The first kappa shape index (κ1) is 19.9. The number of nitro groups is 1. The summed E-state index contributed by atoms with van der Waals surface area (Å²) in [4.78, 5) is 26.7. The van der Waals surface area contributed by atoms with Gasteiger partial charge < -0.3 is 19.9 Å². The van der Waals surface area contributed by atoms with E-state index in [-0.39, 0.29) is 17.5 Å². The van der Waals surface area contributed by atoms with Crippen LogP contribution in [-0.4, -0.2) is 54.1 Å². The molecule has 0 spiro atoms. The molecule has 1 amide bonds. The first-order valence-corrected chi connectivity index (χ1v) is 8.88. The molecule has 1 saturated heterocycles. The lowest BCUT2D eigenvalue weighted by molar-refractivity contribution is -0.384. The highest BCUT2D eigenvalue weighted by molar-refractivity contribution is 7.80. The minimum absolute atomic E-state index is 0.0191. The standard InChI is InChI=1S/C17H24N4O4S/c1-12(2)10-16(22)18-17(26)20-8-6-19(7-9-20)14-5-4-13(25-3)11-15(14)21(23)24/h4-5,11-12H,6-10H2,1-3H3,(H,18,22,26). The summed E-state index contributed by atoms with van der Waals surface area (Å²) in [6.07, 6.45) is 0.429. The highest BCUT2D eigenvalue weighted by Gasteiger charge is 2.25. The normalized spacial score (nSPS) is 14.3. The van der Waals surface area contributed by atoms with E-state index in [0.717, 1.165) is 0 Å². The monoisotopic (exact) mass is 380 g/mol. The minimum Gasteiger partial charge on any atom is -0.496 e. The first-order valence-electron chi connectivity index (χ1n) is 8.48. The van der Waals surface area contributed by atoms with Crippen LogP contribution in [-0.2, 0) is 4.79 Å². The van der Waals surface area contributed by atoms with Crippen molar-refractivity contribution in [3.63, 3.8) is 0 Å². The Bertz CT molecular complexity index is 687. The predicted octanol–water partition coefficient (Wildman–Crippen LogP) is 2.17. The second kappa shape index (κ2) is 8.79. The first-order chi connectivity index (χ1) is 12.3. The highest BCUT2D eigenvalue weighted by Crippen LogP contribution is 2.32. The molecule has 1 heterocycles. The third kappa shape index (κ3) is 5.04. The van der Waals surface area contributed by atoms with Crippen LogP contribution in [0, 0.1) is 16.0 Å². The van der Waals surface area contributed by atoms with Crippen molar-refractivity contribution in [3.8, 4) is 5.75 Å². The molecule has 0 aliphatic carbocycles. The molecular formula is C17H24N4O4S. The number of anilines is 1. The maximum atomic E-state index is 11.8. The van der Waals surface area contributed by atoms with Crippen LogP contribution >= 0.6 is 12.2 Å². The van der Waals surface area contributed by atoms with Crippen LogP contribution in [0.4, 0.5) is 11.4 Å². The van der Waals surface area contributed by atoms with Gasteiger partial charge in [0.2, 0.25) is 5.91 Å². The molecule has 0 bridgehead atoms. The van der Waals surface area contributed by atoms with E-state index in [0.29, 0.717) is 49.1 Å². The van der Waals surface area contributed by atoms with E-state index in [1.54, 1.807) is 12.1 Å². The topological polar surface area (TPSA) is 88.0 Å². The summed E-state index contributed by atoms with van der Waals surface area (Å²) in [7, 11) is 1.48. The Labute approximate surface area is 158 Å². The van der Waals surface area contributed by atoms with Crippen molar-refractivity contribution in [1.82, 2.24) is 10.2 Å². The van der Waals surface area contributed by atoms with Crippen LogP contribution in [0.2, 0.25) is 0 Å². The summed E-state index contributed by atoms with van der Waals surface area (Å²) in [5, 5.41) is 14.5. The van der Waals surface area contributed by atoms with Crippen molar-refractivity contribution < 1.29 is 14.5 Å². The summed E-state index contributed by atoms with van der Waals surface area (Å²) < 4.78 is 5.07. The van der Waals surface area contributed by atoms with Crippen molar-refractivity contribution in [2.24, 2.45) is 5.92 Å². The fourth-order valence-corrected chi connectivity index (χ4v) is 3.11. The van der Waals surface area contributed by atoms with Crippen molar-refractivity contribution in [3.05, 3.63) is 28.3 Å². The number of piperazine rings is 1. The lowest BCUT2D eigenvalue weighted by Crippen LogP contribution is -2.52. The Morgan fingerprint density at radius 2 is 2.00 bits per heavy atom. The number of hydrogen-bond donors (Lipinski definition) is 1. The maximum Gasteiger partial charge on any atom is 0.296 e. The Morgan fingerprint density at radius 1 is 1.35 bits per heavy atom. The van der Waals surface area contributed by atoms with Gasteiger partial charge >= 0.3 is 0 Å². The van der Waals surface area contributed by atoms with Gasteiger partial charge in [0, 0.05) is 32.6 Å². The van der Waals surface area contributed by atoms with E-state index in [1.807, 2.05) is 23.6 Å². The van der Waals surface area contributed by atoms with Crippen molar-refractivity contribution in [2.75, 3.05) is 38.2 Å². The van der Waals surface area contributed by atoms with Gasteiger partial charge in [-0.3, -0.25) is 14.9 Å². The molecule has 1 aromatic carbocycles. The maximum absolute atomic E-state index is 11.8. The number of hydrogen-bond acceptors (Lipinski definition) is 6. The number of nitrogens with one attached hydrogen (secondary N) is 1. The van der Waals surface area contributed by atoms with Gasteiger partial charge in [-0.1, -0.05) is 13.8 Å². The molecule has 26 heavy (non-hydrogen) atoms. The number of amides is 1. The molecule has 2 rings (SSSR count). The molecule has 1 N–H and O–H groups in total. The zero-order valence-corrected chi connectivity index (χ0v) is 16.0. The van der Waals surface area contributed by atoms with Gasteiger partial charge in [-0.25, -0.2) is 0 Å². The molecule has 0 saturated carbocycles. The van der Waals surface area contributed by atoms with E-state index in [1.165, 1.54) is 13.2 Å². The van der Waals surface area contributed by atoms with Crippen molar-refractivity contribution >= 4 is 34.6 Å². The van der Waals surface area contributed by atoms with E-state index in [9.17, 15) is 14.9 Å². The van der Waals surface area contributed by atoms with E-state index in [2.05, 4.69) is 5.32 Å². The Balaban J connectivity index is 1.99. The summed E-state index contributed by atoms with van der Waals surface area (Å²) in [6.45, 7) is 6.28. The van der Waals surface area contributed by atoms with Gasteiger partial charge in [-0.05, 0) is 30.3 Å². The number of nitro benzene ring substituents is 1. The molecule has 8 nitrogen and oxygen atoms in total. The average molecular weight is 380 g/mol. The Kier molecular flexibility index (Phi) is 6.73. The summed E-state index contributed by atoms with van der Waals surface area (Å²) >= 11 is 5.31. The van der Waals surface area contributed by atoms with Crippen LogP contribution in [0.3, 0.4) is 0 Å². The summed E-state index contributed by atoms with van der Waals surface area (Å²) in [5.41, 5.74) is 0.579. The zero-order valence-electron chi connectivity index (χ0n) is 15.2. The highest BCUT2D eigenvalue weighted by atomic mass is 32.1. The van der Waals surface area contributed by atoms with Crippen LogP contribution in [0.25, 0.3) is 0 Å². The van der Waals surface area contributed by atoms with Crippen LogP contribution in [0.1, 0.15) is 20.3 Å². The summed E-state index contributed by atoms with van der Waals surface area (Å²) in [6, 6.07) is 4.85. The molecule has 0 unspecified atom stereocenters. The van der Waals surface area contributed by atoms with Gasteiger partial charge in [-0.2, -0.15) is 0 Å². The lowest BCUT2D eigenvalue weighted by Gasteiger charge is -2.37. The Hall–Kier alpha value is -2.42. The Morgan fingerprint density at radius 3 is 2.54 bits per heavy atom. The van der Waals surface area contributed by atoms with Crippen LogP contribution in [0.5, 0.6) is 5.75 Å². The van der Waals surface area contributed by atoms with E-state index >= 15 is 0 Å². The lowest BCUT2D eigenvalue weighted by atomic mass is 10.1. The van der Waals surface area contributed by atoms with Crippen LogP contribution < -0.4 is 15.0 Å². The fraction of sp³-hybridized carbons (Fsp3) is 0.529. The largest absolute Gasteiger partial charge is 0.496 e. The number of rotatable bonds is 5. The second-order valence-electron chi connectivity index (χ2n) is 6.54. The number of carbonyl (C=O) groups is 1. The number of benzene rings is 1. The molecule has 1 fully saturated rings. The van der Waals surface area contributed by atoms with Crippen molar-refractivity contribution in [1.29, 1.82) is 0 Å². The number of methoxy groups -OCH3 is 1. The molecule has 0 radical (unpaired) electrons. The van der Waals surface area contributed by atoms with E-state index in [4.69, 9.17) is 17.0 Å². The number of ether oxygens (including phenoxy) is 1. The molecule has 9 heteroatoms. The zero-order chi connectivity index (χ0) is 19.3.